The van der Waals surface area contributed by atoms with E-state index in [1.807, 2.05) is 0 Å². The van der Waals surface area contributed by atoms with Crippen LogP contribution >= 0.6 is 0 Å². The maximum absolute atomic E-state index is 5.62. The van der Waals surface area contributed by atoms with Crippen molar-refractivity contribution in [3.63, 3.8) is 0 Å². The average Bonchev–Trinajstić information content (AvgIpc) is 3.17. The van der Waals surface area contributed by atoms with E-state index in [1.165, 1.54) is 5.56 Å². The topological polar surface area (TPSA) is 51.0 Å². The van der Waals surface area contributed by atoms with Gasteiger partial charge in [-0.25, -0.2) is 0 Å². The summed E-state index contributed by atoms with van der Waals surface area (Å²) in [6.45, 7) is 8.54. The minimum absolute atomic E-state index is 0.0192. The Morgan fingerprint density at radius 3 is 2.62 bits per heavy atom. The molecule has 2 heterocycles. The molecule has 1 aliphatic heterocycles. The third-order valence-electron chi connectivity index (χ3n) is 4.77. The molecule has 1 aromatic heterocycles. The zero-order valence-corrected chi connectivity index (χ0v) is 13.0. The van der Waals surface area contributed by atoms with E-state index in [-0.39, 0.29) is 5.41 Å². The van der Waals surface area contributed by atoms with Crippen molar-refractivity contribution in [1.82, 2.24) is 15.5 Å². The second-order valence-corrected chi connectivity index (χ2v) is 6.21. The Hall–Kier alpha value is -1.68. The fraction of sp³-hybridized carbons (Fsp3) is 0.529. The van der Waals surface area contributed by atoms with E-state index in [2.05, 4.69) is 55.5 Å². The Kier molecular flexibility index (Phi) is 3.81. The molecular weight excluding hydrogens is 262 g/mol. The van der Waals surface area contributed by atoms with Crippen molar-refractivity contribution in [3.05, 3.63) is 35.7 Å². The molecule has 1 atom stereocenters. The van der Waals surface area contributed by atoms with Crippen LogP contribution in [0.25, 0.3) is 11.4 Å². The van der Waals surface area contributed by atoms with Crippen LogP contribution in [0.2, 0.25) is 0 Å². The van der Waals surface area contributed by atoms with Gasteiger partial charge in [-0.2, -0.15) is 4.98 Å². The molecule has 1 N–H and O–H groups in total. The molecule has 1 saturated heterocycles. The van der Waals surface area contributed by atoms with Gasteiger partial charge in [0.15, 0.2) is 0 Å². The minimum atomic E-state index is -0.0192. The third-order valence-corrected chi connectivity index (χ3v) is 4.77. The maximum atomic E-state index is 5.62. The van der Waals surface area contributed by atoms with Crippen molar-refractivity contribution < 1.29 is 4.52 Å². The van der Waals surface area contributed by atoms with Gasteiger partial charge in [0.25, 0.3) is 0 Å². The van der Waals surface area contributed by atoms with Crippen molar-refractivity contribution in [2.24, 2.45) is 5.92 Å². The molecule has 1 unspecified atom stereocenters. The lowest BCUT2D eigenvalue weighted by Gasteiger charge is -2.27. The smallest absolute Gasteiger partial charge is 0.234 e. The van der Waals surface area contributed by atoms with E-state index in [9.17, 15) is 0 Å². The van der Waals surface area contributed by atoms with Crippen LogP contribution in [0.1, 0.15) is 38.6 Å². The lowest BCUT2D eigenvalue weighted by atomic mass is 9.76. The van der Waals surface area contributed by atoms with Gasteiger partial charge in [-0.05, 0) is 30.9 Å². The lowest BCUT2D eigenvalue weighted by molar-refractivity contribution is 0.234. The van der Waals surface area contributed by atoms with Crippen molar-refractivity contribution in [3.8, 4) is 11.4 Å². The Morgan fingerprint density at radius 2 is 2.05 bits per heavy atom. The highest BCUT2D eigenvalue weighted by Gasteiger charge is 2.43. The average molecular weight is 285 g/mol. The Morgan fingerprint density at radius 1 is 1.29 bits per heavy atom. The molecule has 21 heavy (non-hydrogen) atoms. The molecule has 0 spiro atoms. The fourth-order valence-corrected chi connectivity index (χ4v) is 3.07. The molecule has 3 rings (SSSR count). The summed E-state index contributed by atoms with van der Waals surface area (Å²) in [6, 6.07) is 8.40. The predicted octanol–water partition coefficient (Wildman–Crippen LogP) is 3.19. The van der Waals surface area contributed by atoms with E-state index in [0.29, 0.717) is 11.7 Å². The van der Waals surface area contributed by atoms with E-state index >= 15 is 0 Å². The number of rotatable bonds is 4. The van der Waals surface area contributed by atoms with Crippen molar-refractivity contribution >= 4 is 0 Å². The molecule has 4 nitrogen and oxygen atoms in total. The van der Waals surface area contributed by atoms with Gasteiger partial charge in [0, 0.05) is 12.1 Å². The number of hydrogen-bond donors (Lipinski definition) is 1. The zero-order chi connectivity index (χ0) is 14.9. The van der Waals surface area contributed by atoms with Crippen molar-refractivity contribution in [1.29, 1.82) is 0 Å². The van der Waals surface area contributed by atoms with Gasteiger partial charge in [-0.1, -0.05) is 50.2 Å². The molecule has 1 fully saturated rings. The first-order chi connectivity index (χ1) is 10.2. The molecule has 0 radical (unpaired) electrons. The summed E-state index contributed by atoms with van der Waals surface area (Å²) in [5, 5.41) is 7.63. The fourth-order valence-electron chi connectivity index (χ4n) is 3.07. The quantitative estimate of drug-likeness (QED) is 0.937. The van der Waals surface area contributed by atoms with Gasteiger partial charge in [-0.3, -0.25) is 0 Å². The van der Waals surface area contributed by atoms with Gasteiger partial charge in [0.05, 0.1) is 5.41 Å². The Bertz CT molecular complexity index is 595. The van der Waals surface area contributed by atoms with E-state index < -0.39 is 0 Å². The third kappa shape index (κ3) is 2.48. The van der Waals surface area contributed by atoms with Crippen LogP contribution in [-0.4, -0.2) is 23.2 Å². The molecule has 1 aliphatic rings. The number of nitrogens with zero attached hydrogens (tertiary/aromatic N) is 2. The first-order valence-corrected chi connectivity index (χ1v) is 7.80. The van der Waals surface area contributed by atoms with Crippen LogP contribution in [-0.2, 0) is 11.8 Å². The van der Waals surface area contributed by atoms with Crippen LogP contribution in [0.5, 0.6) is 0 Å². The van der Waals surface area contributed by atoms with Crippen LogP contribution in [0.4, 0.5) is 0 Å². The number of aryl methyl sites for hydroxylation is 1. The summed E-state index contributed by atoms with van der Waals surface area (Å²) < 4.78 is 5.62. The standard InChI is InChI=1S/C17H23N3O/c1-4-13-5-7-14(8-6-13)15-19-16(21-20-15)17(12(2)3)9-10-18-11-17/h5-8,12,18H,4,9-11H2,1-3H3. The molecule has 1 aromatic carbocycles. The predicted molar refractivity (Wildman–Crippen MR) is 83.1 cm³/mol. The highest BCUT2D eigenvalue weighted by Crippen LogP contribution is 2.37. The number of nitrogens with one attached hydrogen (secondary N) is 1. The van der Waals surface area contributed by atoms with E-state index in [0.717, 1.165) is 37.4 Å². The zero-order valence-electron chi connectivity index (χ0n) is 13.0. The van der Waals surface area contributed by atoms with Gasteiger partial charge in [0.2, 0.25) is 11.7 Å². The van der Waals surface area contributed by atoms with Gasteiger partial charge in [0.1, 0.15) is 0 Å². The summed E-state index contributed by atoms with van der Waals surface area (Å²) in [6.07, 6.45) is 2.10. The van der Waals surface area contributed by atoms with Crippen LogP contribution in [0, 0.1) is 5.92 Å². The highest BCUT2D eigenvalue weighted by molar-refractivity contribution is 5.54. The molecule has 4 heteroatoms. The lowest BCUT2D eigenvalue weighted by Crippen LogP contribution is -2.35. The van der Waals surface area contributed by atoms with Gasteiger partial charge in [-0.15, -0.1) is 0 Å². The van der Waals surface area contributed by atoms with E-state index in [4.69, 9.17) is 9.51 Å². The summed E-state index contributed by atoms with van der Waals surface area (Å²) in [7, 11) is 0. The summed E-state index contributed by atoms with van der Waals surface area (Å²) in [5.74, 6) is 1.94. The van der Waals surface area contributed by atoms with Crippen LogP contribution < -0.4 is 5.32 Å². The molecular formula is C17H23N3O. The summed E-state index contributed by atoms with van der Waals surface area (Å²) >= 11 is 0. The SMILES string of the molecule is CCc1ccc(-c2noc(C3(C(C)C)CCNC3)n2)cc1. The number of hydrogen-bond acceptors (Lipinski definition) is 4. The van der Waals surface area contributed by atoms with Crippen molar-refractivity contribution in [2.75, 3.05) is 13.1 Å². The second kappa shape index (κ2) is 5.60. The first kappa shape index (κ1) is 14.3. The van der Waals surface area contributed by atoms with Crippen LogP contribution in [0.15, 0.2) is 28.8 Å². The Balaban J connectivity index is 1.91. The molecule has 0 amide bonds. The molecule has 112 valence electrons. The number of aromatic nitrogens is 2. The second-order valence-electron chi connectivity index (χ2n) is 6.21. The monoisotopic (exact) mass is 285 g/mol. The molecule has 0 aliphatic carbocycles. The maximum Gasteiger partial charge on any atom is 0.234 e. The number of benzene rings is 1. The molecule has 0 saturated carbocycles. The summed E-state index contributed by atoms with van der Waals surface area (Å²) in [4.78, 5) is 4.69. The van der Waals surface area contributed by atoms with Gasteiger partial charge >= 0.3 is 0 Å². The Labute approximate surface area is 126 Å². The minimum Gasteiger partial charge on any atom is -0.338 e. The molecule has 0 bridgehead atoms. The summed E-state index contributed by atoms with van der Waals surface area (Å²) in [5.41, 5.74) is 2.32. The first-order valence-electron chi connectivity index (χ1n) is 7.80. The van der Waals surface area contributed by atoms with Gasteiger partial charge < -0.3 is 9.84 Å². The van der Waals surface area contributed by atoms with Crippen molar-refractivity contribution in [2.45, 2.75) is 39.0 Å². The van der Waals surface area contributed by atoms with E-state index in [1.54, 1.807) is 0 Å². The molecule has 2 aromatic rings. The highest BCUT2D eigenvalue weighted by atomic mass is 16.5. The van der Waals surface area contributed by atoms with Crippen LogP contribution in [0.3, 0.4) is 0 Å². The normalized spacial score (nSPS) is 22.1. The largest absolute Gasteiger partial charge is 0.338 e.